The Hall–Kier alpha value is 0.354. The first-order chi connectivity index (χ1) is 6.24. The first kappa shape index (κ1) is 13.4. The van der Waals surface area contributed by atoms with E-state index in [-0.39, 0.29) is 15.6 Å². The fourth-order valence-corrected chi connectivity index (χ4v) is 3.06. The topological polar surface area (TPSA) is 18.5 Å². The van der Waals surface area contributed by atoms with Gasteiger partial charge in [-0.25, -0.2) is 0 Å². The molecule has 0 aromatic heterocycles. The molecule has 2 unspecified atom stereocenters. The second kappa shape index (κ2) is 8.93. The molecule has 0 fully saturated rings. The van der Waals surface area contributed by atoms with Gasteiger partial charge in [0.1, 0.15) is 15.6 Å². The Morgan fingerprint density at radius 1 is 1.38 bits per heavy atom. The molecule has 0 bridgehead atoms. The molecule has 0 saturated heterocycles. The summed E-state index contributed by atoms with van der Waals surface area (Å²) >= 11 is 0. The van der Waals surface area contributed by atoms with Crippen LogP contribution in [0.4, 0.5) is 0 Å². The largest absolute Gasteiger partial charge is 0.404 e. The van der Waals surface area contributed by atoms with Gasteiger partial charge in [0.15, 0.2) is 0 Å². The van der Waals surface area contributed by atoms with Crippen LogP contribution < -0.4 is 0 Å². The quantitative estimate of drug-likeness (QED) is 0.443. The molecule has 0 aromatic carbocycles. The lowest BCUT2D eigenvalue weighted by Gasteiger charge is -2.21. The molecular formula is C9H24O2Si2. The predicted octanol–water partition coefficient (Wildman–Crippen LogP) is 0.699. The van der Waals surface area contributed by atoms with E-state index >= 15 is 0 Å². The van der Waals surface area contributed by atoms with Gasteiger partial charge in [0, 0.05) is 9.76 Å². The van der Waals surface area contributed by atoms with Crippen LogP contribution in [-0.2, 0) is 9.16 Å². The van der Waals surface area contributed by atoms with Gasteiger partial charge in [-0.1, -0.05) is 26.7 Å². The number of ether oxygens (including phenoxy) is 1. The molecule has 0 amide bonds. The third-order valence-electron chi connectivity index (χ3n) is 2.03. The number of hydrogen-bond acceptors (Lipinski definition) is 2. The lowest BCUT2D eigenvalue weighted by Crippen LogP contribution is -2.24. The zero-order chi connectivity index (χ0) is 10.1. The van der Waals surface area contributed by atoms with Gasteiger partial charge in [0.2, 0.25) is 0 Å². The molecule has 0 aliphatic heterocycles. The van der Waals surface area contributed by atoms with Gasteiger partial charge in [-0.05, 0) is 19.8 Å². The van der Waals surface area contributed by atoms with E-state index in [0.717, 1.165) is 6.42 Å². The third-order valence-corrected chi connectivity index (χ3v) is 3.74. The van der Waals surface area contributed by atoms with Gasteiger partial charge < -0.3 is 9.16 Å². The molecule has 13 heavy (non-hydrogen) atoms. The van der Waals surface area contributed by atoms with Crippen molar-refractivity contribution in [3.8, 4) is 0 Å². The minimum atomic E-state index is -0.193. The lowest BCUT2D eigenvalue weighted by atomic mass is 10.2. The van der Waals surface area contributed by atoms with E-state index in [1.807, 2.05) is 0 Å². The van der Waals surface area contributed by atoms with Crippen molar-refractivity contribution in [3.05, 3.63) is 0 Å². The van der Waals surface area contributed by atoms with Crippen LogP contribution in [0.25, 0.3) is 0 Å². The minimum Gasteiger partial charge on any atom is -0.404 e. The molecule has 4 heteroatoms. The van der Waals surface area contributed by atoms with Gasteiger partial charge in [-0.15, -0.1) is 0 Å². The van der Waals surface area contributed by atoms with Crippen LogP contribution in [0.1, 0.15) is 46.5 Å². The minimum absolute atomic E-state index is 0.0935. The van der Waals surface area contributed by atoms with Crippen LogP contribution in [-0.4, -0.2) is 31.4 Å². The Balaban J connectivity index is 3.53. The Labute approximate surface area is 87.5 Å². The van der Waals surface area contributed by atoms with Crippen molar-refractivity contribution < 1.29 is 9.16 Å². The van der Waals surface area contributed by atoms with Crippen molar-refractivity contribution in [3.63, 3.8) is 0 Å². The van der Waals surface area contributed by atoms with Crippen LogP contribution >= 0.6 is 0 Å². The molecule has 0 spiro atoms. The molecule has 2 nitrogen and oxygen atoms in total. The summed E-state index contributed by atoms with van der Waals surface area (Å²) in [5.41, 5.74) is 0. The normalized spacial score (nSPS) is 16.8. The summed E-state index contributed by atoms with van der Waals surface area (Å²) in [6.45, 7) is 6.49. The van der Waals surface area contributed by atoms with Crippen LogP contribution in [0, 0.1) is 0 Å². The van der Waals surface area contributed by atoms with Gasteiger partial charge in [-0.3, -0.25) is 0 Å². The van der Waals surface area contributed by atoms with Crippen molar-refractivity contribution in [2.75, 3.05) is 0 Å². The van der Waals surface area contributed by atoms with Crippen LogP contribution in [0.3, 0.4) is 0 Å². The van der Waals surface area contributed by atoms with Crippen LogP contribution in [0.2, 0.25) is 0 Å². The predicted molar refractivity (Wildman–Crippen MR) is 63.7 cm³/mol. The Bertz CT molecular complexity index is 112. The summed E-state index contributed by atoms with van der Waals surface area (Å²) in [6, 6.07) is 0. The molecule has 0 saturated carbocycles. The van der Waals surface area contributed by atoms with Gasteiger partial charge in [-0.2, -0.15) is 0 Å². The van der Waals surface area contributed by atoms with E-state index in [4.69, 9.17) is 9.16 Å². The Morgan fingerprint density at radius 3 is 2.54 bits per heavy atom. The van der Waals surface area contributed by atoms with E-state index in [1.54, 1.807) is 0 Å². The van der Waals surface area contributed by atoms with E-state index in [0.29, 0.717) is 6.10 Å². The summed E-state index contributed by atoms with van der Waals surface area (Å²) in [4.78, 5) is 0. The summed E-state index contributed by atoms with van der Waals surface area (Å²) in [5.74, 6) is 0. The van der Waals surface area contributed by atoms with Gasteiger partial charge in [0.05, 0.1) is 6.10 Å². The highest BCUT2D eigenvalue weighted by molar-refractivity contribution is 6.85. The highest BCUT2D eigenvalue weighted by atomic mass is 29.1. The molecule has 0 heterocycles. The van der Waals surface area contributed by atoms with Crippen LogP contribution in [0.5, 0.6) is 0 Å². The van der Waals surface area contributed by atoms with E-state index in [1.165, 1.54) is 29.0 Å². The summed E-state index contributed by atoms with van der Waals surface area (Å²) in [5, 5.41) is 0. The monoisotopic (exact) mass is 220 g/mol. The van der Waals surface area contributed by atoms with Crippen molar-refractivity contribution in [2.24, 2.45) is 0 Å². The van der Waals surface area contributed by atoms with E-state index in [9.17, 15) is 0 Å². The maximum Gasteiger partial charge on any atom is 0.146 e. The highest BCUT2D eigenvalue weighted by Crippen LogP contribution is 2.09. The molecule has 0 radical (unpaired) electrons. The fraction of sp³-hybridized carbons (Fsp3) is 1.00. The molecule has 80 valence electrons. The van der Waals surface area contributed by atoms with Gasteiger partial charge in [0.25, 0.3) is 0 Å². The standard InChI is InChI=1S/C9H24O2Si2/c1-4-6-7-8(3)10-9(5-2)11-13-12/h8-9H,4-7,13H2,1-3,12H3. The summed E-state index contributed by atoms with van der Waals surface area (Å²) in [6.07, 6.45) is 5.13. The average molecular weight is 220 g/mol. The second-order valence-corrected chi connectivity index (χ2v) is 6.02. The smallest absolute Gasteiger partial charge is 0.146 e. The summed E-state index contributed by atoms with van der Waals surface area (Å²) in [7, 11) is 1.04. The first-order valence-corrected chi connectivity index (χ1v) is 11.7. The molecule has 0 aliphatic rings. The lowest BCUT2D eigenvalue weighted by molar-refractivity contribution is -0.115. The third kappa shape index (κ3) is 7.43. The average Bonchev–Trinajstić information content (AvgIpc) is 2.14. The van der Waals surface area contributed by atoms with Crippen LogP contribution in [0.15, 0.2) is 0 Å². The Kier molecular flexibility index (Phi) is 9.17. The molecule has 0 aromatic rings. The maximum absolute atomic E-state index is 5.78. The number of hydrogen-bond donors (Lipinski definition) is 0. The molecule has 2 atom stereocenters. The number of unbranched alkanes of at least 4 members (excludes halogenated alkanes) is 1. The Morgan fingerprint density at radius 2 is 2.08 bits per heavy atom. The van der Waals surface area contributed by atoms with Gasteiger partial charge >= 0.3 is 0 Å². The van der Waals surface area contributed by atoms with Crippen molar-refractivity contribution in [2.45, 2.75) is 58.8 Å². The number of rotatable bonds is 8. The van der Waals surface area contributed by atoms with Crippen molar-refractivity contribution >= 4 is 19.0 Å². The molecule has 0 rings (SSSR count). The summed E-state index contributed by atoms with van der Waals surface area (Å²) < 4.78 is 11.4. The zero-order valence-electron chi connectivity index (χ0n) is 9.51. The molecular weight excluding hydrogens is 196 g/mol. The maximum atomic E-state index is 5.78. The molecule has 0 aliphatic carbocycles. The van der Waals surface area contributed by atoms with Crippen molar-refractivity contribution in [1.29, 1.82) is 0 Å². The van der Waals surface area contributed by atoms with E-state index in [2.05, 4.69) is 20.8 Å². The van der Waals surface area contributed by atoms with E-state index < -0.39 is 0 Å². The molecule has 0 N–H and O–H groups in total. The first-order valence-electron chi connectivity index (χ1n) is 5.51. The second-order valence-electron chi connectivity index (χ2n) is 3.38. The zero-order valence-corrected chi connectivity index (χ0v) is 12.9. The van der Waals surface area contributed by atoms with Crippen molar-refractivity contribution in [1.82, 2.24) is 0 Å². The fourth-order valence-electron chi connectivity index (χ4n) is 1.26. The SMILES string of the molecule is CCCCC(C)OC(CC)O[SiH2][SiH3]. The highest BCUT2D eigenvalue weighted by Gasteiger charge is 2.09.